The molecular formula is C15H11Cl2F2NO2. The molecule has 0 aromatic heterocycles. The van der Waals surface area contributed by atoms with Crippen LogP contribution in [-0.2, 0) is 0 Å². The lowest BCUT2D eigenvalue weighted by Gasteiger charge is -2.14. The molecular weight excluding hydrogens is 335 g/mol. The molecule has 0 aliphatic rings. The number of benzene rings is 2. The first-order valence-electron chi connectivity index (χ1n) is 6.25. The minimum Gasteiger partial charge on any atom is -0.386 e. The fourth-order valence-corrected chi connectivity index (χ4v) is 2.26. The Hall–Kier alpha value is -1.69. The van der Waals surface area contributed by atoms with Crippen molar-refractivity contribution in [3.05, 3.63) is 69.2 Å². The van der Waals surface area contributed by atoms with Crippen LogP contribution in [0.25, 0.3) is 0 Å². The summed E-state index contributed by atoms with van der Waals surface area (Å²) in [6, 6.07) is 7.56. The quantitative estimate of drug-likeness (QED) is 0.886. The van der Waals surface area contributed by atoms with Crippen molar-refractivity contribution in [3.8, 4) is 0 Å². The zero-order valence-electron chi connectivity index (χ0n) is 11.1. The van der Waals surface area contributed by atoms with Crippen LogP contribution < -0.4 is 5.32 Å². The number of carbonyl (C=O) groups excluding carboxylic acids is 1. The van der Waals surface area contributed by atoms with Gasteiger partial charge in [-0.1, -0.05) is 29.3 Å². The van der Waals surface area contributed by atoms with Gasteiger partial charge in [0.25, 0.3) is 5.91 Å². The molecule has 2 aromatic rings. The molecule has 22 heavy (non-hydrogen) atoms. The van der Waals surface area contributed by atoms with E-state index in [1.165, 1.54) is 24.3 Å². The van der Waals surface area contributed by atoms with Crippen LogP contribution >= 0.6 is 23.2 Å². The third-order valence-electron chi connectivity index (χ3n) is 2.96. The Labute approximate surface area is 135 Å². The van der Waals surface area contributed by atoms with Gasteiger partial charge in [-0.25, -0.2) is 8.78 Å². The average molecular weight is 346 g/mol. The number of carbonyl (C=O) groups is 1. The molecule has 0 spiro atoms. The fourth-order valence-electron chi connectivity index (χ4n) is 1.89. The molecule has 0 radical (unpaired) electrons. The van der Waals surface area contributed by atoms with Crippen molar-refractivity contribution in [3.63, 3.8) is 0 Å². The Morgan fingerprint density at radius 1 is 1.18 bits per heavy atom. The second kappa shape index (κ2) is 7.05. The molecule has 2 rings (SSSR count). The highest BCUT2D eigenvalue weighted by molar-refractivity contribution is 6.35. The topological polar surface area (TPSA) is 49.3 Å². The van der Waals surface area contributed by atoms with Crippen LogP contribution in [0.4, 0.5) is 8.78 Å². The predicted molar refractivity (Wildman–Crippen MR) is 80.1 cm³/mol. The molecule has 3 nitrogen and oxygen atoms in total. The number of aliphatic hydroxyl groups excluding tert-OH is 1. The Bertz CT molecular complexity index is 690. The summed E-state index contributed by atoms with van der Waals surface area (Å²) in [4.78, 5) is 12.0. The second-order valence-electron chi connectivity index (χ2n) is 4.49. The minimum absolute atomic E-state index is 0.107. The fraction of sp³-hybridized carbons (Fsp3) is 0.133. The van der Waals surface area contributed by atoms with Gasteiger partial charge < -0.3 is 10.4 Å². The van der Waals surface area contributed by atoms with Crippen LogP contribution in [0.3, 0.4) is 0 Å². The second-order valence-corrected chi connectivity index (χ2v) is 5.33. The third kappa shape index (κ3) is 3.74. The van der Waals surface area contributed by atoms with E-state index in [4.69, 9.17) is 23.2 Å². The lowest BCUT2D eigenvalue weighted by atomic mass is 10.1. The Morgan fingerprint density at radius 2 is 1.82 bits per heavy atom. The van der Waals surface area contributed by atoms with E-state index in [1.807, 2.05) is 0 Å². The maximum atomic E-state index is 13.5. The van der Waals surface area contributed by atoms with Gasteiger partial charge in [-0.3, -0.25) is 4.79 Å². The van der Waals surface area contributed by atoms with Crippen LogP contribution in [0.5, 0.6) is 0 Å². The molecule has 2 aromatic carbocycles. The lowest BCUT2D eigenvalue weighted by Crippen LogP contribution is -2.29. The number of aliphatic hydroxyl groups is 1. The van der Waals surface area contributed by atoms with Crippen molar-refractivity contribution >= 4 is 29.1 Å². The molecule has 0 fully saturated rings. The van der Waals surface area contributed by atoms with Gasteiger partial charge in [0.2, 0.25) is 0 Å². The number of hydrogen-bond acceptors (Lipinski definition) is 2. The van der Waals surface area contributed by atoms with Gasteiger partial charge in [0.1, 0.15) is 17.7 Å². The lowest BCUT2D eigenvalue weighted by molar-refractivity contribution is 0.0911. The molecule has 1 unspecified atom stereocenters. The third-order valence-corrected chi connectivity index (χ3v) is 3.53. The molecule has 1 atom stereocenters. The first-order chi connectivity index (χ1) is 10.4. The van der Waals surface area contributed by atoms with Crippen molar-refractivity contribution < 1.29 is 18.7 Å². The summed E-state index contributed by atoms with van der Waals surface area (Å²) < 4.78 is 27.0. The van der Waals surface area contributed by atoms with E-state index in [-0.39, 0.29) is 17.1 Å². The van der Waals surface area contributed by atoms with Crippen LogP contribution in [0, 0.1) is 11.6 Å². The van der Waals surface area contributed by atoms with Crippen LogP contribution in [-0.4, -0.2) is 17.6 Å². The largest absolute Gasteiger partial charge is 0.386 e. The van der Waals surface area contributed by atoms with E-state index in [0.29, 0.717) is 5.02 Å². The first kappa shape index (κ1) is 16.7. The summed E-state index contributed by atoms with van der Waals surface area (Å²) in [6.07, 6.45) is -1.52. The van der Waals surface area contributed by atoms with Gasteiger partial charge >= 0.3 is 0 Å². The molecule has 0 saturated carbocycles. The molecule has 0 aliphatic carbocycles. The summed E-state index contributed by atoms with van der Waals surface area (Å²) in [5.74, 6) is -2.38. The van der Waals surface area contributed by atoms with Crippen molar-refractivity contribution in [2.75, 3.05) is 6.54 Å². The van der Waals surface area contributed by atoms with Crippen molar-refractivity contribution in [2.24, 2.45) is 0 Å². The molecule has 7 heteroatoms. The Kier molecular flexibility index (Phi) is 5.34. The van der Waals surface area contributed by atoms with E-state index in [2.05, 4.69) is 5.32 Å². The minimum atomic E-state index is -1.52. The summed E-state index contributed by atoms with van der Waals surface area (Å²) >= 11 is 11.6. The zero-order chi connectivity index (χ0) is 16.3. The average Bonchev–Trinajstić information content (AvgIpc) is 2.47. The van der Waals surface area contributed by atoms with Gasteiger partial charge in [-0.05, 0) is 30.3 Å². The highest BCUT2D eigenvalue weighted by Gasteiger charge is 2.19. The van der Waals surface area contributed by atoms with Gasteiger partial charge in [0.15, 0.2) is 0 Å². The maximum Gasteiger partial charge on any atom is 0.252 e. The smallest absolute Gasteiger partial charge is 0.252 e. The molecule has 0 saturated heterocycles. The standard InChI is InChI=1S/C15H11Cl2F2NO2/c16-8-4-5-10(17)9(6-8)15(22)20-7-13(21)14-11(18)2-1-3-12(14)19/h1-6,13,21H,7H2,(H,20,22). The number of hydrogen-bond donors (Lipinski definition) is 2. The van der Waals surface area contributed by atoms with Gasteiger partial charge in [-0.15, -0.1) is 0 Å². The molecule has 2 N–H and O–H groups in total. The summed E-state index contributed by atoms with van der Waals surface area (Å²) in [5.41, 5.74) is -0.393. The molecule has 0 aliphatic heterocycles. The maximum absolute atomic E-state index is 13.5. The van der Waals surface area contributed by atoms with Crippen molar-refractivity contribution in [1.29, 1.82) is 0 Å². The van der Waals surface area contributed by atoms with E-state index < -0.39 is 29.2 Å². The Balaban J connectivity index is 2.09. The predicted octanol–water partition coefficient (Wildman–Crippen LogP) is 3.74. The summed E-state index contributed by atoms with van der Waals surface area (Å²) in [7, 11) is 0. The number of amides is 1. The van der Waals surface area contributed by atoms with E-state index in [0.717, 1.165) is 12.1 Å². The highest BCUT2D eigenvalue weighted by atomic mass is 35.5. The van der Waals surface area contributed by atoms with Crippen molar-refractivity contribution in [1.82, 2.24) is 5.32 Å². The normalized spacial score (nSPS) is 12.0. The molecule has 0 bridgehead atoms. The van der Waals surface area contributed by atoms with Crippen molar-refractivity contribution in [2.45, 2.75) is 6.10 Å². The first-order valence-corrected chi connectivity index (χ1v) is 7.01. The molecule has 116 valence electrons. The van der Waals surface area contributed by atoms with Crippen LogP contribution in [0.1, 0.15) is 22.0 Å². The monoisotopic (exact) mass is 345 g/mol. The zero-order valence-corrected chi connectivity index (χ0v) is 12.6. The highest BCUT2D eigenvalue weighted by Crippen LogP contribution is 2.22. The number of nitrogens with one attached hydrogen (secondary N) is 1. The number of rotatable bonds is 4. The molecule has 1 amide bonds. The number of halogens is 4. The van der Waals surface area contributed by atoms with Gasteiger partial charge in [0, 0.05) is 11.6 Å². The van der Waals surface area contributed by atoms with Crippen LogP contribution in [0.15, 0.2) is 36.4 Å². The van der Waals surface area contributed by atoms with Crippen LogP contribution in [0.2, 0.25) is 10.0 Å². The Morgan fingerprint density at radius 3 is 2.45 bits per heavy atom. The molecule has 0 heterocycles. The van der Waals surface area contributed by atoms with E-state index >= 15 is 0 Å². The van der Waals surface area contributed by atoms with E-state index in [1.54, 1.807) is 0 Å². The van der Waals surface area contributed by atoms with Gasteiger partial charge in [-0.2, -0.15) is 0 Å². The summed E-state index contributed by atoms with van der Waals surface area (Å²) in [6.45, 7) is -0.375. The summed E-state index contributed by atoms with van der Waals surface area (Å²) in [5, 5.41) is 12.7. The van der Waals surface area contributed by atoms with Gasteiger partial charge in [0.05, 0.1) is 16.1 Å². The SMILES string of the molecule is O=C(NCC(O)c1c(F)cccc1F)c1cc(Cl)ccc1Cl. The van der Waals surface area contributed by atoms with E-state index in [9.17, 15) is 18.7 Å².